The first-order chi connectivity index (χ1) is 13.1. The molecule has 0 heterocycles. The van der Waals surface area contributed by atoms with Crippen molar-refractivity contribution >= 4 is 5.57 Å². The molecule has 1 saturated carbocycles. The summed E-state index contributed by atoms with van der Waals surface area (Å²) in [5.74, 6) is 0.476. The highest BCUT2D eigenvalue weighted by Crippen LogP contribution is 2.39. The second-order valence-corrected chi connectivity index (χ2v) is 6.98. The number of hydrogen-bond donors (Lipinski definition) is 3. The smallest absolute Gasteiger partial charge is 0.115 e. The molecule has 0 atom stereocenters. The fourth-order valence-electron chi connectivity index (χ4n) is 3.22. The normalized spacial score (nSPS) is 14.4. The summed E-state index contributed by atoms with van der Waals surface area (Å²) >= 11 is 0. The lowest BCUT2D eigenvalue weighted by molar-refractivity contribution is 0.283. The molecule has 1 aliphatic carbocycles. The molecule has 3 rings (SSSR count). The lowest BCUT2D eigenvalue weighted by Crippen LogP contribution is -1.95. The minimum Gasteiger partial charge on any atom is -0.508 e. The van der Waals surface area contributed by atoms with E-state index in [-0.39, 0.29) is 18.1 Å². The number of hydrogen-bond acceptors (Lipinski definition) is 3. The summed E-state index contributed by atoms with van der Waals surface area (Å²) in [6.07, 6.45) is 6.86. The van der Waals surface area contributed by atoms with Crippen LogP contribution in [0.4, 0.5) is 0 Å². The molecule has 0 unspecified atom stereocenters. The van der Waals surface area contributed by atoms with Crippen molar-refractivity contribution in [2.75, 3.05) is 6.61 Å². The fraction of sp³-hybridized carbons (Fsp3) is 0.250. The van der Waals surface area contributed by atoms with Gasteiger partial charge >= 0.3 is 0 Å². The standard InChI is InChI=1S/C24H26O3/c1-17-15-21(17)16-20(5-3-2-4-14-25)24(18-6-10-22(26)11-7-18)19-8-12-23(27)13-9-19/h6-13,16,25-27H,1-5,14-15H2/b21-16-. The highest BCUT2D eigenvalue weighted by Gasteiger charge is 2.20. The minimum atomic E-state index is 0.222. The molecule has 0 amide bonds. The Morgan fingerprint density at radius 2 is 1.37 bits per heavy atom. The third kappa shape index (κ3) is 5.11. The van der Waals surface area contributed by atoms with Gasteiger partial charge in [-0.15, -0.1) is 0 Å². The van der Waals surface area contributed by atoms with Gasteiger partial charge in [0.05, 0.1) is 0 Å². The van der Waals surface area contributed by atoms with Crippen LogP contribution in [0.2, 0.25) is 0 Å². The SMILES string of the molecule is C=C1C/C1=C/C(CCCCCO)=C(c1ccc(O)cc1)c1ccc(O)cc1. The first-order valence-corrected chi connectivity index (χ1v) is 9.40. The quantitative estimate of drug-likeness (QED) is 0.556. The van der Waals surface area contributed by atoms with E-state index in [2.05, 4.69) is 12.7 Å². The van der Waals surface area contributed by atoms with E-state index in [9.17, 15) is 10.2 Å². The number of phenols is 2. The number of aliphatic hydroxyl groups excluding tert-OH is 1. The average Bonchev–Trinajstić information content (AvgIpc) is 3.36. The van der Waals surface area contributed by atoms with Crippen molar-refractivity contribution in [3.63, 3.8) is 0 Å². The summed E-state index contributed by atoms with van der Waals surface area (Å²) in [6, 6.07) is 14.5. The van der Waals surface area contributed by atoms with E-state index in [1.54, 1.807) is 24.3 Å². The van der Waals surface area contributed by atoms with Crippen molar-refractivity contribution in [2.45, 2.75) is 32.1 Å². The van der Waals surface area contributed by atoms with Crippen molar-refractivity contribution in [2.24, 2.45) is 0 Å². The zero-order valence-corrected chi connectivity index (χ0v) is 15.5. The maximum Gasteiger partial charge on any atom is 0.115 e. The summed E-state index contributed by atoms with van der Waals surface area (Å²) in [5, 5.41) is 28.4. The van der Waals surface area contributed by atoms with Crippen molar-refractivity contribution in [1.82, 2.24) is 0 Å². The van der Waals surface area contributed by atoms with Gasteiger partial charge in [-0.2, -0.15) is 0 Å². The predicted octanol–water partition coefficient (Wildman–Crippen LogP) is 5.34. The van der Waals surface area contributed by atoms with Gasteiger partial charge in [-0.05, 0) is 83.4 Å². The Morgan fingerprint density at radius 3 is 1.81 bits per heavy atom. The molecule has 2 aromatic carbocycles. The van der Waals surface area contributed by atoms with Crippen LogP contribution in [0.3, 0.4) is 0 Å². The molecule has 0 aromatic heterocycles. The zero-order valence-electron chi connectivity index (χ0n) is 15.5. The predicted molar refractivity (Wildman–Crippen MR) is 110 cm³/mol. The van der Waals surface area contributed by atoms with E-state index in [4.69, 9.17) is 5.11 Å². The molecule has 0 aliphatic heterocycles. The second kappa shape index (κ2) is 8.74. The van der Waals surface area contributed by atoms with E-state index in [1.165, 1.54) is 16.7 Å². The lowest BCUT2D eigenvalue weighted by Gasteiger charge is -2.15. The van der Waals surface area contributed by atoms with E-state index in [0.29, 0.717) is 0 Å². The Hall–Kier alpha value is -2.78. The first-order valence-electron chi connectivity index (χ1n) is 9.40. The minimum absolute atomic E-state index is 0.222. The largest absolute Gasteiger partial charge is 0.508 e. The Labute approximate surface area is 160 Å². The van der Waals surface area contributed by atoms with Crippen molar-refractivity contribution < 1.29 is 15.3 Å². The van der Waals surface area contributed by atoms with Crippen LogP contribution in [0, 0.1) is 0 Å². The highest BCUT2D eigenvalue weighted by atomic mass is 16.3. The number of aliphatic hydroxyl groups is 1. The van der Waals surface area contributed by atoms with Crippen LogP contribution in [-0.4, -0.2) is 21.9 Å². The molecule has 1 aliphatic rings. The molecule has 3 heteroatoms. The van der Waals surface area contributed by atoms with Gasteiger partial charge < -0.3 is 15.3 Å². The molecule has 3 N–H and O–H groups in total. The van der Waals surface area contributed by atoms with Gasteiger partial charge in [-0.25, -0.2) is 0 Å². The Balaban J connectivity index is 2.07. The zero-order chi connectivity index (χ0) is 19.2. The highest BCUT2D eigenvalue weighted by molar-refractivity contribution is 5.84. The number of benzene rings is 2. The molecule has 3 nitrogen and oxygen atoms in total. The van der Waals surface area contributed by atoms with E-state index < -0.39 is 0 Å². The van der Waals surface area contributed by atoms with Crippen molar-refractivity contribution in [1.29, 1.82) is 0 Å². The Bertz CT molecular complexity index is 808. The van der Waals surface area contributed by atoms with Crippen LogP contribution in [-0.2, 0) is 0 Å². The summed E-state index contributed by atoms with van der Waals surface area (Å²) in [6.45, 7) is 4.27. The number of rotatable bonds is 8. The molecule has 1 fully saturated rings. The monoisotopic (exact) mass is 362 g/mol. The molecule has 0 spiro atoms. The van der Waals surface area contributed by atoms with E-state index in [1.807, 2.05) is 24.3 Å². The Kier molecular flexibility index (Phi) is 6.15. The molecule has 0 radical (unpaired) electrons. The van der Waals surface area contributed by atoms with Crippen molar-refractivity contribution in [3.05, 3.63) is 89.0 Å². The van der Waals surface area contributed by atoms with Gasteiger partial charge in [-0.3, -0.25) is 0 Å². The second-order valence-electron chi connectivity index (χ2n) is 6.98. The van der Waals surface area contributed by atoms with Crippen LogP contribution in [0.5, 0.6) is 11.5 Å². The maximum absolute atomic E-state index is 9.68. The topological polar surface area (TPSA) is 60.7 Å². The first kappa shape index (κ1) is 19.0. The van der Waals surface area contributed by atoms with Gasteiger partial charge in [-0.1, -0.05) is 43.3 Å². The van der Waals surface area contributed by atoms with Crippen LogP contribution >= 0.6 is 0 Å². The van der Waals surface area contributed by atoms with Gasteiger partial charge in [0.2, 0.25) is 0 Å². The summed E-state index contributed by atoms with van der Waals surface area (Å²) in [5.41, 5.74) is 6.84. The van der Waals surface area contributed by atoms with E-state index >= 15 is 0 Å². The van der Waals surface area contributed by atoms with Gasteiger partial charge in [0.15, 0.2) is 0 Å². The average molecular weight is 362 g/mol. The summed E-state index contributed by atoms with van der Waals surface area (Å²) in [4.78, 5) is 0. The van der Waals surface area contributed by atoms with Gasteiger partial charge in [0, 0.05) is 6.61 Å². The molecule has 27 heavy (non-hydrogen) atoms. The summed E-state index contributed by atoms with van der Waals surface area (Å²) in [7, 11) is 0. The molecule has 0 bridgehead atoms. The third-order valence-electron chi connectivity index (χ3n) is 4.82. The van der Waals surface area contributed by atoms with Crippen LogP contribution in [0.25, 0.3) is 5.57 Å². The number of allylic oxidation sites excluding steroid dienone is 4. The van der Waals surface area contributed by atoms with Gasteiger partial charge in [0.1, 0.15) is 11.5 Å². The number of phenolic OH excluding ortho intramolecular Hbond substituents is 2. The van der Waals surface area contributed by atoms with Crippen LogP contribution in [0.15, 0.2) is 77.9 Å². The molecule has 2 aromatic rings. The third-order valence-corrected chi connectivity index (χ3v) is 4.82. The Morgan fingerprint density at radius 1 is 0.852 bits per heavy atom. The number of unbranched alkanes of at least 4 members (excludes halogenated alkanes) is 2. The van der Waals surface area contributed by atoms with Crippen LogP contribution < -0.4 is 0 Å². The molecule has 0 saturated heterocycles. The summed E-state index contributed by atoms with van der Waals surface area (Å²) < 4.78 is 0. The molecular weight excluding hydrogens is 336 g/mol. The lowest BCUT2D eigenvalue weighted by atomic mass is 9.90. The fourth-order valence-corrected chi connectivity index (χ4v) is 3.22. The van der Waals surface area contributed by atoms with Gasteiger partial charge in [0.25, 0.3) is 0 Å². The van der Waals surface area contributed by atoms with Crippen molar-refractivity contribution in [3.8, 4) is 11.5 Å². The molecular formula is C24H26O3. The molecule has 140 valence electrons. The van der Waals surface area contributed by atoms with E-state index in [0.717, 1.165) is 48.8 Å². The number of aromatic hydroxyl groups is 2. The van der Waals surface area contributed by atoms with Crippen LogP contribution in [0.1, 0.15) is 43.2 Å². The maximum atomic E-state index is 9.68.